The average molecular weight is 449 g/mol. The number of esters is 1. The molecule has 1 atom stereocenters. The van der Waals surface area contributed by atoms with Crippen molar-refractivity contribution in [2.75, 3.05) is 7.11 Å². The van der Waals surface area contributed by atoms with Crippen molar-refractivity contribution in [1.29, 1.82) is 0 Å². The number of amides is 1. The fourth-order valence-corrected chi connectivity index (χ4v) is 2.64. The van der Waals surface area contributed by atoms with Gasteiger partial charge in [0.2, 0.25) is 0 Å². The standard InChI is InChI=1S/C20H21BrN2O5/c1-4-18(28-17-7-5-6-15(21)11-17)20(25)23-22-12-14-10-16(26-3)8-9-19(14)27-13(2)24/h5-12,18H,4H2,1-3H3,(H,23,25). The molecule has 0 saturated carbocycles. The predicted molar refractivity (Wildman–Crippen MR) is 109 cm³/mol. The van der Waals surface area contributed by atoms with Gasteiger partial charge >= 0.3 is 5.97 Å². The van der Waals surface area contributed by atoms with Gasteiger partial charge in [0.25, 0.3) is 5.91 Å². The number of nitrogens with zero attached hydrogens (tertiary/aromatic N) is 1. The molecular formula is C20H21BrN2O5. The van der Waals surface area contributed by atoms with Crippen LogP contribution in [0.1, 0.15) is 25.8 Å². The van der Waals surface area contributed by atoms with Crippen molar-refractivity contribution in [3.05, 3.63) is 52.5 Å². The number of hydrogen-bond acceptors (Lipinski definition) is 6. The molecule has 0 aliphatic heterocycles. The Balaban J connectivity index is 2.07. The maximum Gasteiger partial charge on any atom is 0.308 e. The molecule has 0 radical (unpaired) electrons. The lowest BCUT2D eigenvalue weighted by Gasteiger charge is -2.15. The highest BCUT2D eigenvalue weighted by atomic mass is 79.9. The van der Waals surface area contributed by atoms with E-state index in [0.717, 1.165) is 4.47 Å². The van der Waals surface area contributed by atoms with E-state index in [2.05, 4.69) is 26.5 Å². The van der Waals surface area contributed by atoms with Gasteiger partial charge in [-0.15, -0.1) is 0 Å². The van der Waals surface area contributed by atoms with E-state index >= 15 is 0 Å². The lowest BCUT2D eigenvalue weighted by Crippen LogP contribution is -2.35. The zero-order valence-corrected chi connectivity index (χ0v) is 17.4. The van der Waals surface area contributed by atoms with Crippen molar-refractivity contribution in [3.8, 4) is 17.2 Å². The number of hydrogen-bond donors (Lipinski definition) is 1. The smallest absolute Gasteiger partial charge is 0.308 e. The number of benzene rings is 2. The number of ether oxygens (including phenoxy) is 3. The van der Waals surface area contributed by atoms with Crippen molar-refractivity contribution in [3.63, 3.8) is 0 Å². The van der Waals surface area contributed by atoms with Gasteiger partial charge in [-0.2, -0.15) is 5.10 Å². The third-order valence-corrected chi connectivity index (χ3v) is 4.08. The summed E-state index contributed by atoms with van der Waals surface area (Å²) >= 11 is 3.36. The van der Waals surface area contributed by atoms with Gasteiger partial charge in [0, 0.05) is 17.0 Å². The summed E-state index contributed by atoms with van der Waals surface area (Å²) in [7, 11) is 1.52. The first-order valence-corrected chi connectivity index (χ1v) is 9.33. The molecule has 0 aromatic heterocycles. The van der Waals surface area contributed by atoms with Gasteiger partial charge in [0.1, 0.15) is 17.2 Å². The fraction of sp³-hybridized carbons (Fsp3) is 0.250. The van der Waals surface area contributed by atoms with Crippen LogP contribution in [-0.4, -0.2) is 31.3 Å². The highest BCUT2D eigenvalue weighted by Gasteiger charge is 2.18. The molecule has 0 heterocycles. The van der Waals surface area contributed by atoms with Gasteiger partial charge in [0.15, 0.2) is 6.10 Å². The molecule has 0 aliphatic carbocycles. The summed E-state index contributed by atoms with van der Waals surface area (Å²) in [6.45, 7) is 3.14. The Morgan fingerprint density at radius 2 is 2.00 bits per heavy atom. The van der Waals surface area contributed by atoms with Crippen molar-refractivity contribution >= 4 is 34.0 Å². The summed E-state index contributed by atoms with van der Waals surface area (Å²) in [4.78, 5) is 23.6. The van der Waals surface area contributed by atoms with Crippen LogP contribution >= 0.6 is 15.9 Å². The molecule has 0 bridgehead atoms. The Kier molecular flexibility index (Phi) is 8.01. The number of carbonyl (C=O) groups is 2. The van der Waals surface area contributed by atoms with E-state index in [-0.39, 0.29) is 0 Å². The van der Waals surface area contributed by atoms with Crippen LogP contribution in [-0.2, 0) is 9.59 Å². The topological polar surface area (TPSA) is 86.2 Å². The van der Waals surface area contributed by atoms with Crippen LogP contribution in [0.25, 0.3) is 0 Å². The zero-order chi connectivity index (χ0) is 20.5. The van der Waals surface area contributed by atoms with Crippen molar-refractivity contribution < 1.29 is 23.8 Å². The molecule has 2 rings (SSSR count). The van der Waals surface area contributed by atoms with Crippen LogP contribution in [0.3, 0.4) is 0 Å². The van der Waals surface area contributed by atoms with Crippen LogP contribution in [0.15, 0.2) is 52.0 Å². The maximum absolute atomic E-state index is 12.4. The summed E-state index contributed by atoms with van der Waals surface area (Å²) in [6, 6.07) is 12.1. The number of halogens is 1. The molecule has 8 heteroatoms. The normalized spacial score (nSPS) is 11.7. The molecule has 0 spiro atoms. The Hall–Kier alpha value is -2.87. The summed E-state index contributed by atoms with van der Waals surface area (Å²) in [5.74, 6) is 0.593. The molecule has 2 aromatic rings. The Labute approximate surface area is 171 Å². The lowest BCUT2D eigenvalue weighted by molar-refractivity contribution is -0.132. The first-order chi connectivity index (χ1) is 13.4. The highest BCUT2D eigenvalue weighted by Crippen LogP contribution is 2.23. The minimum Gasteiger partial charge on any atom is -0.497 e. The number of methoxy groups -OCH3 is 1. The van der Waals surface area contributed by atoms with Crippen molar-refractivity contribution in [2.24, 2.45) is 5.10 Å². The molecule has 1 amide bonds. The van der Waals surface area contributed by atoms with Crippen LogP contribution < -0.4 is 19.6 Å². The summed E-state index contributed by atoms with van der Waals surface area (Å²) in [5, 5.41) is 3.95. The van der Waals surface area contributed by atoms with E-state index in [0.29, 0.717) is 29.2 Å². The molecule has 1 N–H and O–H groups in total. The monoisotopic (exact) mass is 448 g/mol. The zero-order valence-electron chi connectivity index (χ0n) is 15.8. The molecule has 0 saturated heterocycles. The Morgan fingerprint density at radius 3 is 2.64 bits per heavy atom. The Bertz CT molecular complexity index is 869. The second-order valence-corrected chi connectivity index (χ2v) is 6.62. The molecule has 1 unspecified atom stereocenters. The van der Waals surface area contributed by atoms with Crippen molar-refractivity contribution in [1.82, 2.24) is 5.43 Å². The predicted octanol–water partition coefficient (Wildman–Crippen LogP) is 3.69. The fourth-order valence-electron chi connectivity index (χ4n) is 2.27. The third-order valence-electron chi connectivity index (χ3n) is 3.59. The van der Waals surface area contributed by atoms with Crippen LogP contribution in [0.4, 0.5) is 0 Å². The number of rotatable bonds is 8. The van der Waals surface area contributed by atoms with E-state index in [9.17, 15) is 9.59 Å². The molecule has 28 heavy (non-hydrogen) atoms. The van der Waals surface area contributed by atoms with E-state index in [4.69, 9.17) is 14.2 Å². The average Bonchev–Trinajstić information content (AvgIpc) is 2.66. The molecule has 0 fully saturated rings. The first-order valence-electron chi connectivity index (χ1n) is 8.54. The lowest BCUT2D eigenvalue weighted by atomic mass is 10.2. The number of carbonyl (C=O) groups excluding carboxylic acids is 2. The quantitative estimate of drug-likeness (QED) is 0.288. The van der Waals surface area contributed by atoms with Crippen molar-refractivity contribution in [2.45, 2.75) is 26.4 Å². The van der Waals surface area contributed by atoms with E-state index in [1.54, 1.807) is 30.3 Å². The van der Waals surface area contributed by atoms with E-state index in [1.807, 2.05) is 19.1 Å². The molecule has 0 aliphatic rings. The summed E-state index contributed by atoms with van der Waals surface area (Å²) in [5.41, 5.74) is 2.93. The largest absolute Gasteiger partial charge is 0.497 e. The summed E-state index contributed by atoms with van der Waals surface area (Å²) < 4.78 is 16.9. The highest BCUT2D eigenvalue weighted by molar-refractivity contribution is 9.10. The maximum atomic E-state index is 12.4. The van der Waals surface area contributed by atoms with E-state index in [1.165, 1.54) is 20.2 Å². The summed E-state index contributed by atoms with van der Waals surface area (Å²) in [6.07, 6.45) is 1.14. The minimum absolute atomic E-state index is 0.309. The van der Waals surface area contributed by atoms with Gasteiger partial charge in [-0.3, -0.25) is 9.59 Å². The number of hydrazone groups is 1. The molecule has 7 nitrogen and oxygen atoms in total. The number of nitrogens with one attached hydrogen (secondary N) is 1. The van der Waals surface area contributed by atoms with Gasteiger partial charge in [-0.1, -0.05) is 28.9 Å². The van der Waals surface area contributed by atoms with Gasteiger partial charge in [0.05, 0.1) is 13.3 Å². The minimum atomic E-state index is -0.704. The molecule has 148 valence electrons. The Morgan fingerprint density at radius 1 is 1.21 bits per heavy atom. The van der Waals surface area contributed by atoms with Crippen LogP contribution in [0, 0.1) is 0 Å². The van der Waals surface area contributed by atoms with Gasteiger partial charge < -0.3 is 14.2 Å². The molecule has 2 aromatic carbocycles. The second kappa shape index (κ2) is 10.5. The van der Waals surface area contributed by atoms with Crippen LogP contribution in [0.2, 0.25) is 0 Å². The first kappa shape index (κ1) is 21.4. The second-order valence-electron chi connectivity index (χ2n) is 5.70. The van der Waals surface area contributed by atoms with Gasteiger partial charge in [-0.05, 0) is 42.8 Å². The van der Waals surface area contributed by atoms with Crippen LogP contribution in [0.5, 0.6) is 17.2 Å². The molecular weight excluding hydrogens is 428 g/mol. The third kappa shape index (κ3) is 6.38. The van der Waals surface area contributed by atoms with Gasteiger partial charge in [-0.25, -0.2) is 5.43 Å². The van der Waals surface area contributed by atoms with E-state index < -0.39 is 18.0 Å². The SMILES string of the molecule is CCC(Oc1cccc(Br)c1)C(=O)NN=Cc1cc(OC)ccc1OC(C)=O.